The summed E-state index contributed by atoms with van der Waals surface area (Å²) in [5, 5.41) is 3.00. The van der Waals surface area contributed by atoms with Crippen molar-refractivity contribution < 1.29 is 9.53 Å². The van der Waals surface area contributed by atoms with E-state index in [1.807, 2.05) is 37.3 Å². The van der Waals surface area contributed by atoms with Gasteiger partial charge in [-0.25, -0.2) is 0 Å². The number of nitrogens with one attached hydrogen (secondary N) is 1. The molecule has 1 atom stereocenters. The number of rotatable bonds is 18. The first kappa shape index (κ1) is 34.2. The Kier molecular flexibility index (Phi) is 20.2. The SMILES string of the molecule is CCCCCCCCCCCCCCOc1ccc(-c2cccnc2)c(NC(=O)CC(C)N)c1.Cl.Cl. The molecule has 0 saturated heterocycles. The van der Waals surface area contributed by atoms with E-state index in [-0.39, 0.29) is 43.2 Å². The lowest BCUT2D eigenvalue weighted by Crippen LogP contribution is -2.24. The van der Waals surface area contributed by atoms with Crippen molar-refractivity contribution in [2.75, 3.05) is 11.9 Å². The Labute approximate surface area is 231 Å². The van der Waals surface area contributed by atoms with E-state index < -0.39 is 0 Å². The molecule has 1 aromatic carbocycles. The Hall–Kier alpha value is -1.82. The van der Waals surface area contributed by atoms with Crippen molar-refractivity contribution >= 4 is 36.4 Å². The number of amides is 1. The highest BCUT2D eigenvalue weighted by Gasteiger charge is 2.12. The average Bonchev–Trinajstić information content (AvgIpc) is 2.82. The standard InChI is InChI=1S/C29H45N3O2.2ClH/c1-3-4-5-6-7-8-9-10-11-12-13-14-20-34-26-17-18-27(25-16-15-19-31-23-25)28(22-26)32-29(33)21-24(2)30;;/h15-19,22-24H,3-14,20-21,30H2,1-2H3,(H,32,33);2*1H. The molecule has 0 spiro atoms. The minimum absolute atomic E-state index is 0. The number of anilines is 1. The number of hydrogen-bond acceptors (Lipinski definition) is 4. The fourth-order valence-corrected chi connectivity index (χ4v) is 4.12. The minimum Gasteiger partial charge on any atom is -0.494 e. The van der Waals surface area contributed by atoms with Gasteiger partial charge in [-0.3, -0.25) is 9.78 Å². The third-order valence-electron chi connectivity index (χ3n) is 6.01. The third-order valence-corrected chi connectivity index (χ3v) is 6.01. The number of carbonyl (C=O) groups is 1. The van der Waals surface area contributed by atoms with Crippen LogP contribution in [0, 0.1) is 0 Å². The van der Waals surface area contributed by atoms with Crippen molar-refractivity contribution in [3.63, 3.8) is 0 Å². The molecule has 7 heteroatoms. The van der Waals surface area contributed by atoms with E-state index in [1.165, 1.54) is 70.6 Å². The van der Waals surface area contributed by atoms with Gasteiger partial charge in [0.05, 0.1) is 12.3 Å². The first-order valence-electron chi connectivity index (χ1n) is 13.3. The topological polar surface area (TPSA) is 77.2 Å². The largest absolute Gasteiger partial charge is 0.494 e. The third kappa shape index (κ3) is 14.7. The zero-order valence-electron chi connectivity index (χ0n) is 22.2. The molecule has 5 nitrogen and oxygen atoms in total. The molecule has 1 aromatic heterocycles. The lowest BCUT2D eigenvalue weighted by atomic mass is 10.0. The molecule has 1 unspecified atom stereocenters. The molecule has 0 aliphatic heterocycles. The van der Waals surface area contributed by atoms with Gasteiger partial charge in [0.1, 0.15) is 5.75 Å². The number of pyridine rings is 1. The number of unbranched alkanes of at least 4 members (excludes halogenated alkanes) is 11. The number of ether oxygens (including phenoxy) is 1. The Morgan fingerprint density at radius 3 is 2.11 bits per heavy atom. The Balaban J connectivity index is 0.00000612. The summed E-state index contributed by atoms with van der Waals surface area (Å²) in [5.74, 6) is 0.671. The number of nitrogens with two attached hydrogens (primary N) is 1. The molecule has 204 valence electrons. The van der Waals surface area contributed by atoms with Crippen LogP contribution in [0.15, 0.2) is 42.7 Å². The molecular weight excluding hydrogens is 493 g/mol. The molecule has 0 radical (unpaired) electrons. The highest BCUT2D eigenvalue weighted by molar-refractivity contribution is 5.96. The maximum Gasteiger partial charge on any atom is 0.225 e. The van der Waals surface area contributed by atoms with E-state index in [0.29, 0.717) is 6.61 Å². The van der Waals surface area contributed by atoms with Crippen molar-refractivity contribution in [2.24, 2.45) is 5.73 Å². The van der Waals surface area contributed by atoms with Gasteiger partial charge in [0.2, 0.25) is 5.91 Å². The molecule has 0 saturated carbocycles. The summed E-state index contributed by atoms with van der Waals surface area (Å²) in [4.78, 5) is 16.6. The first-order valence-corrected chi connectivity index (χ1v) is 13.3. The van der Waals surface area contributed by atoms with E-state index in [1.54, 1.807) is 12.4 Å². The smallest absolute Gasteiger partial charge is 0.225 e. The van der Waals surface area contributed by atoms with Gasteiger partial charge in [-0.15, -0.1) is 24.8 Å². The molecule has 1 amide bonds. The van der Waals surface area contributed by atoms with Crippen molar-refractivity contribution in [2.45, 2.75) is 103 Å². The van der Waals surface area contributed by atoms with Crippen LogP contribution < -0.4 is 15.8 Å². The zero-order valence-corrected chi connectivity index (χ0v) is 23.8. The van der Waals surface area contributed by atoms with Crippen LogP contribution in [-0.4, -0.2) is 23.5 Å². The predicted molar refractivity (Wildman–Crippen MR) is 158 cm³/mol. The maximum atomic E-state index is 12.4. The summed E-state index contributed by atoms with van der Waals surface area (Å²) < 4.78 is 6.00. The molecule has 36 heavy (non-hydrogen) atoms. The van der Waals surface area contributed by atoms with Crippen LogP contribution in [0.3, 0.4) is 0 Å². The van der Waals surface area contributed by atoms with Gasteiger partial charge in [-0.05, 0) is 31.5 Å². The normalized spacial score (nSPS) is 11.2. The van der Waals surface area contributed by atoms with Gasteiger partial charge in [-0.2, -0.15) is 0 Å². The fourth-order valence-electron chi connectivity index (χ4n) is 4.12. The minimum atomic E-state index is -0.188. The van der Waals surface area contributed by atoms with Crippen molar-refractivity contribution in [1.82, 2.24) is 4.98 Å². The summed E-state index contributed by atoms with van der Waals surface area (Å²) in [5.41, 5.74) is 8.39. The number of hydrogen-bond donors (Lipinski definition) is 2. The molecular formula is C29H47Cl2N3O2. The van der Waals surface area contributed by atoms with E-state index >= 15 is 0 Å². The number of benzene rings is 1. The van der Waals surface area contributed by atoms with Crippen molar-refractivity contribution in [1.29, 1.82) is 0 Å². The van der Waals surface area contributed by atoms with Crippen molar-refractivity contribution in [3.05, 3.63) is 42.7 Å². The van der Waals surface area contributed by atoms with E-state index in [0.717, 1.165) is 29.0 Å². The molecule has 3 N–H and O–H groups in total. The monoisotopic (exact) mass is 539 g/mol. The van der Waals surface area contributed by atoms with E-state index in [2.05, 4.69) is 17.2 Å². The lowest BCUT2D eigenvalue weighted by molar-refractivity contribution is -0.116. The lowest BCUT2D eigenvalue weighted by Gasteiger charge is -2.15. The van der Waals surface area contributed by atoms with E-state index in [4.69, 9.17) is 10.5 Å². The van der Waals surface area contributed by atoms with Gasteiger partial charge >= 0.3 is 0 Å². The number of nitrogens with zero attached hydrogens (tertiary/aromatic N) is 1. The fraction of sp³-hybridized carbons (Fsp3) is 0.586. The molecule has 0 bridgehead atoms. The zero-order chi connectivity index (χ0) is 24.4. The van der Waals surface area contributed by atoms with Crippen LogP contribution in [0.5, 0.6) is 5.75 Å². The van der Waals surface area contributed by atoms with Crippen LogP contribution in [0.1, 0.15) is 97.3 Å². The van der Waals surface area contributed by atoms with Gasteiger partial charge in [0.15, 0.2) is 0 Å². The van der Waals surface area contributed by atoms with Crippen LogP contribution in [-0.2, 0) is 4.79 Å². The first-order chi connectivity index (χ1) is 16.6. The molecule has 1 heterocycles. The van der Waals surface area contributed by atoms with Crippen LogP contribution in [0.2, 0.25) is 0 Å². The summed E-state index contributed by atoms with van der Waals surface area (Å²) in [6.07, 6.45) is 19.7. The van der Waals surface area contributed by atoms with Crippen LogP contribution in [0.4, 0.5) is 5.69 Å². The average molecular weight is 541 g/mol. The summed E-state index contributed by atoms with van der Waals surface area (Å²) >= 11 is 0. The van der Waals surface area contributed by atoms with Gasteiger partial charge in [0, 0.05) is 42.0 Å². The quantitative estimate of drug-likeness (QED) is 0.186. The Morgan fingerprint density at radius 1 is 0.944 bits per heavy atom. The number of carbonyl (C=O) groups excluding carboxylic acids is 1. The van der Waals surface area contributed by atoms with Gasteiger partial charge < -0.3 is 15.8 Å². The summed E-state index contributed by atoms with van der Waals surface area (Å²) in [6, 6.07) is 9.53. The van der Waals surface area contributed by atoms with Gasteiger partial charge in [-0.1, -0.05) is 83.6 Å². The second-order valence-electron chi connectivity index (χ2n) is 9.42. The molecule has 2 aromatic rings. The van der Waals surface area contributed by atoms with E-state index in [9.17, 15) is 4.79 Å². The van der Waals surface area contributed by atoms with Crippen LogP contribution >= 0.6 is 24.8 Å². The number of aromatic nitrogens is 1. The highest BCUT2D eigenvalue weighted by atomic mass is 35.5. The second kappa shape index (κ2) is 21.3. The maximum absolute atomic E-state index is 12.4. The second-order valence-corrected chi connectivity index (χ2v) is 9.42. The summed E-state index contributed by atoms with van der Waals surface area (Å²) in [7, 11) is 0. The molecule has 0 aliphatic carbocycles. The highest BCUT2D eigenvalue weighted by Crippen LogP contribution is 2.31. The molecule has 2 rings (SSSR count). The van der Waals surface area contributed by atoms with Crippen molar-refractivity contribution in [3.8, 4) is 16.9 Å². The van der Waals surface area contributed by atoms with Crippen LogP contribution in [0.25, 0.3) is 11.1 Å². The molecule has 0 fully saturated rings. The predicted octanol–water partition coefficient (Wildman–Crippen LogP) is 8.35. The van der Waals surface area contributed by atoms with Gasteiger partial charge in [0.25, 0.3) is 0 Å². The molecule has 0 aliphatic rings. The number of halogens is 2. The Morgan fingerprint density at radius 2 is 1.56 bits per heavy atom. The Bertz CT molecular complexity index is 819. The summed E-state index contributed by atoms with van der Waals surface area (Å²) in [6.45, 7) is 4.79.